The Morgan fingerprint density at radius 3 is 1.14 bits per heavy atom. The standard InChI is InChI=1S/C51H99NO5/c1-3-5-7-9-11-13-15-17-19-21-22-23-24-25-26-27-28-29-31-32-34-36-38-40-42-44-48(54)50(56)47(46-53)52-51(57)49(55)45-43-41-39-37-35-33-30-20-18-16-14-12-10-8-6-4-2/h12,14,18,20,47-50,53-56H,3-11,13,15-17,19,21-46H2,1-2H3,(H,52,57)/b14-12-,20-18-. The number of aliphatic hydroxyl groups excluding tert-OH is 4. The second kappa shape index (κ2) is 45.9. The van der Waals surface area contributed by atoms with Crippen LogP contribution in [0.5, 0.6) is 0 Å². The summed E-state index contributed by atoms with van der Waals surface area (Å²) in [5.41, 5.74) is 0. The van der Waals surface area contributed by atoms with Gasteiger partial charge >= 0.3 is 0 Å². The van der Waals surface area contributed by atoms with E-state index in [1.54, 1.807) is 0 Å². The lowest BCUT2D eigenvalue weighted by Crippen LogP contribution is -2.53. The maximum absolute atomic E-state index is 12.5. The second-order valence-electron chi connectivity index (χ2n) is 17.5. The summed E-state index contributed by atoms with van der Waals surface area (Å²) in [7, 11) is 0. The quantitative estimate of drug-likeness (QED) is 0.0311. The molecule has 5 N–H and O–H groups in total. The minimum atomic E-state index is -1.26. The van der Waals surface area contributed by atoms with Gasteiger partial charge in [-0.25, -0.2) is 0 Å². The van der Waals surface area contributed by atoms with Crippen LogP contribution in [0.25, 0.3) is 0 Å². The average molecular weight is 806 g/mol. The van der Waals surface area contributed by atoms with E-state index in [0.717, 1.165) is 57.8 Å². The summed E-state index contributed by atoms with van der Waals surface area (Å²) in [5, 5.41) is 43.8. The molecule has 0 spiro atoms. The Bertz CT molecular complexity index is 863. The predicted octanol–water partition coefficient (Wildman–Crippen LogP) is 13.9. The minimum Gasteiger partial charge on any atom is -0.394 e. The average Bonchev–Trinajstić information content (AvgIpc) is 3.22. The number of carbonyl (C=O) groups excluding carboxylic acids is 1. The van der Waals surface area contributed by atoms with Crippen molar-refractivity contribution in [1.82, 2.24) is 5.32 Å². The molecule has 338 valence electrons. The number of hydrogen-bond donors (Lipinski definition) is 5. The lowest BCUT2D eigenvalue weighted by Gasteiger charge is -2.27. The monoisotopic (exact) mass is 806 g/mol. The number of carbonyl (C=O) groups is 1. The number of rotatable bonds is 46. The van der Waals surface area contributed by atoms with Crippen LogP contribution in [0, 0.1) is 0 Å². The highest BCUT2D eigenvalue weighted by Gasteiger charge is 2.28. The lowest BCUT2D eigenvalue weighted by molar-refractivity contribution is -0.132. The van der Waals surface area contributed by atoms with Crippen molar-refractivity contribution in [2.45, 2.75) is 289 Å². The molecule has 0 aromatic heterocycles. The minimum absolute atomic E-state index is 0.358. The highest BCUT2D eigenvalue weighted by Crippen LogP contribution is 2.17. The molecule has 0 aliphatic carbocycles. The van der Waals surface area contributed by atoms with Gasteiger partial charge in [0.15, 0.2) is 0 Å². The zero-order valence-electron chi connectivity index (χ0n) is 38.1. The van der Waals surface area contributed by atoms with Crippen LogP contribution in [-0.2, 0) is 4.79 Å². The van der Waals surface area contributed by atoms with Crippen LogP contribution < -0.4 is 5.32 Å². The van der Waals surface area contributed by atoms with Gasteiger partial charge in [-0.2, -0.15) is 0 Å². The molecular weight excluding hydrogens is 707 g/mol. The first kappa shape index (κ1) is 55.8. The van der Waals surface area contributed by atoms with Crippen molar-refractivity contribution in [3.63, 3.8) is 0 Å². The summed E-state index contributed by atoms with van der Waals surface area (Å²) in [5.74, 6) is -0.590. The van der Waals surface area contributed by atoms with Crippen LogP contribution in [0.15, 0.2) is 24.3 Å². The first-order valence-electron chi connectivity index (χ1n) is 25.2. The Morgan fingerprint density at radius 1 is 0.439 bits per heavy atom. The number of hydrogen-bond acceptors (Lipinski definition) is 5. The number of unbranched alkanes of at least 4 members (excludes halogenated alkanes) is 33. The molecular formula is C51H99NO5. The highest BCUT2D eigenvalue weighted by molar-refractivity contribution is 5.80. The number of nitrogens with one attached hydrogen (secondary N) is 1. The third kappa shape index (κ3) is 40.0. The largest absolute Gasteiger partial charge is 0.394 e. The van der Waals surface area contributed by atoms with E-state index in [1.165, 1.54) is 180 Å². The van der Waals surface area contributed by atoms with E-state index >= 15 is 0 Å². The molecule has 0 rings (SSSR count). The van der Waals surface area contributed by atoms with E-state index in [2.05, 4.69) is 43.5 Å². The molecule has 0 bridgehead atoms. The molecule has 0 aromatic rings. The normalized spacial score (nSPS) is 14.1. The van der Waals surface area contributed by atoms with E-state index in [9.17, 15) is 25.2 Å². The van der Waals surface area contributed by atoms with Crippen molar-refractivity contribution in [3.05, 3.63) is 24.3 Å². The summed E-state index contributed by atoms with van der Waals surface area (Å²) in [6.07, 6.45) is 53.7. The van der Waals surface area contributed by atoms with Gasteiger partial charge in [0, 0.05) is 0 Å². The molecule has 0 radical (unpaired) electrons. The number of amides is 1. The molecule has 6 heteroatoms. The highest BCUT2D eigenvalue weighted by atomic mass is 16.3. The molecule has 57 heavy (non-hydrogen) atoms. The van der Waals surface area contributed by atoms with Gasteiger partial charge in [-0.05, 0) is 44.9 Å². The maximum atomic E-state index is 12.5. The van der Waals surface area contributed by atoms with E-state index in [0.29, 0.717) is 12.8 Å². The molecule has 0 heterocycles. The first-order chi connectivity index (χ1) is 28.0. The predicted molar refractivity (Wildman–Crippen MR) is 247 cm³/mol. The Labute approximate surface area is 354 Å². The van der Waals surface area contributed by atoms with E-state index in [1.807, 2.05) is 0 Å². The van der Waals surface area contributed by atoms with Crippen molar-refractivity contribution >= 4 is 5.91 Å². The third-order valence-electron chi connectivity index (χ3n) is 11.9. The zero-order chi connectivity index (χ0) is 41.7. The Balaban J connectivity index is 3.65. The van der Waals surface area contributed by atoms with Gasteiger partial charge in [0.05, 0.1) is 18.8 Å². The Morgan fingerprint density at radius 2 is 0.754 bits per heavy atom. The summed E-state index contributed by atoms with van der Waals surface area (Å²) in [4.78, 5) is 12.5. The van der Waals surface area contributed by atoms with Gasteiger partial charge in [0.1, 0.15) is 12.2 Å². The van der Waals surface area contributed by atoms with Crippen LogP contribution in [-0.4, -0.2) is 57.3 Å². The molecule has 1 amide bonds. The molecule has 4 unspecified atom stereocenters. The Hall–Kier alpha value is -1.21. The lowest BCUT2D eigenvalue weighted by atomic mass is 9.99. The van der Waals surface area contributed by atoms with Gasteiger partial charge in [-0.1, -0.05) is 244 Å². The summed E-state index contributed by atoms with van der Waals surface area (Å²) >= 11 is 0. The fraction of sp³-hybridized carbons (Fsp3) is 0.902. The topological polar surface area (TPSA) is 110 Å². The van der Waals surface area contributed by atoms with E-state index in [4.69, 9.17) is 0 Å². The van der Waals surface area contributed by atoms with E-state index in [-0.39, 0.29) is 0 Å². The van der Waals surface area contributed by atoms with Gasteiger partial charge in [0.25, 0.3) is 0 Å². The molecule has 0 saturated heterocycles. The second-order valence-corrected chi connectivity index (χ2v) is 17.5. The van der Waals surface area contributed by atoms with Crippen LogP contribution in [0.4, 0.5) is 0 Å². The number of aliphatic hydroxyl groups is 4. The van der Waals surface area contributed by atoms with Crippen molar-refractivity contribution in [2.24, 2.45) is 0 Å². The molecule has 0 aliphatic heterocycles. The van der Waals surface area contributed by atoms with Gasteiger partial charge in [-0.3, -0.25) is 4.79 Å². The molecule has 0 aliphatic rings. The van der Waals surface area contributed by atoms with Crippen LogP contribution in [0.1, 0.15) is 264 Å². The zero-order valence-corrected chi connectivity index (χ0v) is 38.1. The Kier molecular flexibility index (Phi) is 44.9. The fourth-order valence-electron chi connectivity index (χ4n) is 7.91. The van der Waals surface area contributed by atoms with Crippen molar-refractivity contribution < 1.29 is 25.2 Å². The number of allylic oxidation sites excluding steroid dienone is 4. The molecule has 0 saturated carbocycles. The molecule has 6 nitrogen and oxygen atoms in total. The third-order valence-corrected chi connectivity index (χ3v) is 11.9. The maximum Gasteiger partial charge on any atom is 0.249 e. The van der Waals surface area contributed by atoms with Gasteiger partial charge in [0.2, 0.25) is 5.91 Å². The first-order valence-corrected chi connectivity index (χ1v) is 25.2. The van der Waals surface area contributed by atoms with Crippen molar-refractivity contribution in [3.8, 4) is 0 Å². The summed E-state index contributed by atoms with van der Waals surface area (Å²) in [6, 6.07) is -0.989. The van der Waals surface area contributed by atoms with Gasteiger partial charge < -0.3 is 25.7 Å². The molecule has 0 fully saturated rings. The SMILES string of the molecule is CCCCC/C=C\C/C=C\CCCCCCCCC(O)C(=O)NC(CO)C(O)C(O)CCCCCCCCCCCCCCCCCCCCCCCCCCC. The van der Waals surface area contributed by atoms with Crippen molar-refractivity contribution in [1.29, 1.82) is 0 Å². The van der Waals surface area contributed by atoms with E-state index < -0.39 is 36.9 Å². The van der Waals surface area contributed by atoms with Crippen molar-refractivity contribution in [2.75, 3.05) is 6.61 Å². The molecule has 0 aromatic carbocycles. The summed E-state index contributed by atoms with van der Waals surface area (Å²) < 4.78 is 0. The van der Waals surface area contributed by atoms with Crippen LogP contribution in [0.3, 0.4) is 0 Å². The smallest absolute Gasteiger partial charge is 0.249 e. The van der Waals surface area contributed by atoms with Crippen LogP contribution in [0.2, 0.25) is 0 Å². The summed E-state index contributed by atoms with van der Waals surface area (Å²) in [6.45, 7) is 4.04. The molecule has 4 atom stereocenters. The fourth-order valence-corrected chi connectivity index (χ4v) is 7.91. The van der Waals surface area contributed by atoms with Gasteiger partial charge in [-0.15, -0.1) is 0 Å². The van der Waals surface area contributed by atoms with Crippen LogP contribution >= 0.6 is 0 Å².